The largest absolute Gasteiger partial charge is 0.353 e. The first-order valence-corrected chi connectivity index (χ1v) is 8.57. The van der Waals surface area contributed by atoms with Gasteiger partial charge in [-0.3, -0.25) is 9.69 Å². The molecule has 122 valence electrons. The second-order valence-electron chi connectivity index (χ2n) is 6.86. The Labute approximate surface area is 132 Å². The molecule has 1 N–H and O–H groups in total. The van der Waals surface area contributed by atoms with E-state index in [0.717, 1.165) is 50.7 Å². The molecule has 1 amide bonds. The van der Waals surface area contributed by atoms with Crippen LogP contribution in [0.5, 0.6) is 0 Å². The van der Waals surface area contributed by atoms with Gasteiger partial charge < -0.3 is 9.88 Å². The third-order valence-electron chi connectivity index (χ3n) is 4.75. The average Bonchev–Trinajstić information content (AvgIpc) is 3.13. The van der Waals surface area contributed by atoms with Crippen molar-refractivity contribution in [1.29, 1.82) is 0 Å². The molecule has 0 spiro atoms. The second kappa shape index (κ2) is 6.77. The third-order valence-corrected chi connectivity index (χ3v) is 4.75. The fourth-order valence-electron chi connectivity index (χ4n) is 3.48. The zero-order chi connectivity index (χ0) is 15.5. The summed E-state index contributed by atoms with van der Waals surface area (Å²) in [6.07, 6.45) is 5.39. The SMILES string of the molecule is CC(C)c1nnc2n1CCN(CCC(=O)NC1CCCC1)C2. The third kappa shape index (κ3) is 3.48. The van der Waals surface area contributed by atoms with Crippen LogP contribution in [0, 0.1) is 0 Å². The molecule has 0 radical (unpaired) electrons. The van der Waals surface area contributed by atoms with Gasteiger partial charge in [-0.05, 0) is 12.8 Å². The highest BCUT2D eigenvalue weighted by atomic mass is 16.1. The van der Waals surface area contributed by atoms with Crippen molar-refractivity contribution in [3.05, 3.63) is 11.6 Å². The van der Waals surface area contributed by atoms with Crippen LogP contribution >= 0.6 is 0 Å². The van der Waals surface area contributed by atoms with E-state index in [1.54, 1.807) is 0 Å². The highest BCUT2D eigenvalue weighted by Crippen LogP contribution is 2.19. The molecule has 1 aromatic rings. The lowest BCUT2D eigenvalue weighted by molar-refractivity contribution is -0.122. The Balaban J connectivity index is 1.47. The highest BCUT2D eigenvalue weighted by Gasteiger charge is 2.23. The molecule has 1 aliphatic heterocycles. The fraction of sp³-hybridized carbons (Fsp3) is 0.812. The number of nitrogens with one attached hydrogen (secondary N) is 1. The Kier molecular flexibility index (Phi) is 4.76. The molecule has 0 saturated heterocycles. The zero-order valence-corrected chi connectivity index (χ0v) is 13.7. The summed E-state index contributed by atoms with van der Waals surface area (Å²) in [6.45, 7) is 7.81. The number of amides is 1. The van der Waals surface area contributed by atoms with Crippen LogP contribution in [0.25, 0.3) is 0 Å². The van der Waals surface area contributed by atoms with Crippen LogP contribution in [-0.4, -0.2) is 44.7 Å². The molecular weight excluding hydrogens is 278 g/mol. The van der Waals surface area contributed by atoms with Crippen molar-refractivity contribution in [3.63, 3.8) is 0 Å². The predicted molar refractivity (Wildman–Crippen MR) is 84.4 cm³/mol. The predicted octanol–water partition coefficient (Wildman–Crippen LogP) is 1.67. The summed E-state index contributed by atoms with van der Waals surface area (Å²) in [4.78, 5) is 14.3. The number of hydrogen-bond donors (Lipinski definition) is 1. The molecule has 22 heavy (non-hydrogen) atoms. The standard InChI is InChI=1S/C16H27N5O/c1-12(2)16-19-18-14-11-20(9-10-21(14)16)8-7-15(22)17-13-5-3-4-6-13/h12-13H,3-11H2,1-2H3,(H,17,22). The molecule has 2 heterocycles. The molecule has 0 aromatic carbocycles. The number of nitrogens with zero attached hydrogens (tertiary/aromatic N) is 4. The molecule has 2 aliphatic rings. The van der Waals surface area contributed by atoms with Crippen LogP contribution < -0.4 is 5.32 Å². The first kappa shape index (κ1) is 15.5. The lowest BCUT2D eigenvalue weighted by Gasteiger charge is -2.28. The minimum atomic E-state index is 0.196. The summed E-state index contributed by atoms with van der Waals surface area (Å²) < 4.78 is 2.24. The Bertz CT molecular complexity index is 519. The van der Waals surface area contributed by atoms with E-state index in [1.807, 2.05) is 0 Å². The van der Waals surface area contributed by atoms with Gasteiger partial charge in [-0.15, -0.1) is 10.2 Å². The van der Waals surface area contributed by atoms with E-state index in [-0.39, 0.29) is 5.91 Å². The van der Waals surface area contributed by atoms with Gasteiger partial charge in [0.25, 0.3) is 0 Å². The maximum absolute atomic E-state index is 12.0. The molecule has 1 saturated carbocycles. The van der Waals surface area contributed by atoms with Gasteiger partial charge >= 0.3 is 0 Å². The first-order valence-electron chi connectivity index (χ1n) is 8.57. The number of rotatable bonds is 5. The van der Waals surface area contributed by atoms with E-state index < -0.39 is 0 Å². The Morgan fingerprint density at radius 1 is 1.27 bits per heavy atom. The van der Waals surface area contributed by atoms with Crippen LogP contribution in [0.15, 0.2) is 0 Å². The van der Waals surface area contributed by atoms with E-state index in [2.05, 4.69) is 38.8 Å². The molecule has 0 bridgehead atoms. The average molecular weight is 305 g/mol. The number of fused-ring (bicyclic) bond motifs is 1. The molecular formula is C16H27N5O. The van der Waals surface area contributed by atoms with Gasteiger partial charge in [-0.2, -0.15) is 0 Å². The molecule has 1 aliphatic carbocycles. The van der Waals surface area contributed by atoms with Gasteiger partial charge in [0.15, 0.2) is 0 Å². The van der Waals surface area contributed by atoms with Gasteiger partial charge in [0, 0.05) is 38.0 Å². The number of carbonyl (C=O) groups excluding carboxylic acids is 1. The lowest BCUT2D eigenvalue weighted by atomic mass is 10.2. The maximum Gasteiger partial charge on any atom is 0.221 e. The van der Waals surface area contributed by atoms with Crippen LogP contribution in [0.3, 0.4) is 0 Å². The molecule has 0 atom stereocenters. The van der Waals surface area contributed by atoms with Crippen LogP contribution in [-0.2, 0) is 17.9 Å². The summed E-state index contributed by atoms with van der Waals surface area (Å²) in [6, 6.07) is 0.422. The number of aromatic nitrogens is 3. The Hall–Kier alpha value is -1.43. The topological polar surface area (TPSA) is 63.1 Å². The second-order valence-corrected chi connectivity index (χ2v) is 6.86. The zero-order valence-electron chi connectivity index (χ0n) is 13.7. The van der Waals surface area contributed by atoms with Gasteiger partial charge in [0.1, 0.15) is 11.6 Å². The van der Waals surface area contributed by atoms with E-state index >= 15 is 0 Å². The van der Waals surface area contributed by atoms with E-state index in [4.69, 9.17) is 0 Å². The minimum absolute atomic E-state index is 0.196. The first-order chi connectivity index (χ1) is 10.6. The van der Waals surface area contributed by atoms with Crippen molar-refractivity contribution >= 4 is 5.91 Å². The van der Waals surface area contributed by atoms with Crippen molar-refractivity contribution in [2.24, 2.45) is 0 Å². The van der Waals surface area contributed by atoms with Gasteiger partial charge in [0.2, 0.25) is 5.91 Å². The summed E-state index contributed by atoms with van der Waals surface area (Å²) in [7, 11) is 0. The summed E-state index contributed by atoms with van der Waals surface area (Å²) >= 11 is 0. The maximum atomic E-state index is 12.0. The summed E-state index contributed by atoms with van der Waals surface area (Å²) in [5.41, 5.74) is 0. The Morgan fingerprint density at radius 3 is 2.77 bits per heavy atom. The highest BCUT2D eigenvalue weighted by molar-refractivity contribution is 5.76. The van der Waals surface area contributed by atoms with Crippen LogP contribution in [0.4, 0.5) is 0 Å². The minimum Gasteiger partial charge on any atom is -0.353 e. The van der Waals surface area contributed by atoms with Crippen molar-refractivity contribution in [2.45, 2.75) is 71.0 Å². The molecule has 1 fully saturated rings. The molecule has 1 aromatic heterocycles. The van der Waals surface area contributed by atoms with Gasteiger partial charge in [-0.1, -0.05) is 26.7 Å². The van der Waals surface area contributed by atoms with Gasteiger partial charge in [0.05, 0.1) is 6.54 Å². The van der Waals surface area contributed by atoms with Crippen molar-refractivity contribution in [2.75, 3.05) is 13.1 Å². The van der Waals surface area contributed by atoms with Crippen molar-refractivity contribution in [1.82, 2.24) is 25.0 Å². The monoisotopic (exact) mass is 305 g/mol. The number of hydrogen-bond acceptors (Lipinski definition) is 4. The Morgan fingerprint density at radius 2 is 2.05 bits per heavy atom. The van der Waals surface area contributed by atoms with Crippen LogP contribution in [0.1, 0.15) is 63.5 Å². The van der Waals surface area contributed by atoms with Gasteiger partial charge in [-0.25, -0.2) is 0 Å². The fourth-order valence-corrected chi connectivity index (χ4v) is 3.48. The molecule has 6 nitrogen and oxygen atoms in total. The summed E-state index contributed by atoms with van der Waals surface area (Å²) in [5, 5.41) is 11.8. The smallest absolute Gasteiger partial charge is 0.221 e. The molecule has 6 heteroatoms. The van der Waals surface area contributed by atoms with E-state index in [0.29, 0.717) is 18.4 Å². The summed E-state index contributed by atoms with van der Waals surface area (Å²) in [5.74, 6) is 2.71. The van der Waals surface area contributed by atoms with Crippen molar-refractivity contribution < 1.29 is 4.79 Å². The lowest BCUT2D eigenvalue weighted by Crippen LogP contribution is -2.39. The molecule has 0 unspecified atom stereocenters. The molecule has 3 rings (SSSR count). The number of carbonyl (C=O) groups is 1. The van der Waals surface area contributed by atoms with E-state index in [1.165, 1.54) is 12.8 Å². The van der Waals surface area contributed by atoms with E-state index in [9.17, 15) is 4.79 Å². The quantitative estimate of drug-likeness (QED) is 0.899. The van der Waals surface area contributed by atoms with Crippen LogP contribution in [0.2, 0.25) is 0 Å². The van der Waals surface area contributed by atoms with Crippen molar-refractivity contribution in [3.8, 4) is 0 Å². The normalized spacial score (nSPS) is 19.6.